The van der Waals surface area contributed by atoms with E-state index < -0.39 is 5.41 Å². The van der Waals surface area contributed by atoms with Crippen LogP contribution in [0.2, 0.25) is 0 Å². The third kappa shape index (κ3) is 4.60. The summed E-state index contributed by atoms with van der Waals surface area (Å²) in [6, 6.07) is 8.25. The van der Waals surface area contributed by atoms with E-state index in [4.69, 9.17) is 10.5 Å². The van der Waals surface area contributed by atoms with E-state index in [0.29, 0.717) is 32.6 Å². The van der Waals surface area contributed by atoms with Crippen LogP contribution >= 0.6 is 0 Å². The Morgan fingerprint density at radius 3 is 2.68 bits per heavy atom. The van der Waals surface area contributed by atoms with Crippen LogP contribution in [-0.4, -0.2) is 43.7 Å². The van der Waals surface area contributed by atoms with E-state index in [9.17, 15) is 4.79 Å². The summed E-state index contributed by atoms with van der Waals surface area (Å²) in [5, 5.41) is 3.05. The standard InChI is InChI=1S/C20H31N3O2/c1-16-3-2-10-23(13-16)14-17-4-6-18(7-5-17)22-19(24)20(15-21)8-11-25-12-9-20/h4-7,16H,2-3,8-15,21H2,1H3,(H,22,24). The molecule has 1 aromatic carbocycles. The summed E-state index contributed by atoms with van der Waals surface area (Å²) >= 11 is 0. The topological polar surface area (TPSA) is 67.6 Å². The normalized spacial score (nSPS) is 24.0. The van der Waals surface area contributed by atoms with Crippen molar-refractivity contribution in [1.29, 1.82) is 0 Å². The zero-order valence-electron chi connectivity index (χ0n) is 15.3. The summed E-state index contributed by atoms with van der Waals surface area (Å²) in [5.74, 6) is 0.815. The lowest BCUT2D eigenvalue weighted by Crippen LogP contribution is -2.46. The first kappa shape index (κ1) is 18.4. The highest BCUT2D eigenvalue weighted by molar-refractivity contribution is 5.95. The fraction of sp³-hybridized carbons (Fsp3) is 0.650. The van der Waals surface area contributed by atoms with Crippen molar-refractivity contribution in [2.45, 2.75) is 39.2 Å². The first-order chi connectivity index (χ1) is 12.1. The van der Waals surface area contributed by atoms with E-state index in [-0.39, 0.29) is 5.91 Å². The van der Waals surface area contributed by atoms with Crippen LogP contribution in [0.25, 0.3) is 0 Å². The molecule has 1 atom stereocenters. The molecule has 2 aliphatic heterocycles. The molecule has 2 fully saturated rings. The Morgan fingerprint density at radius 2 is 2.04 bits per heavy atom. The van der Waals surface area contributed by atoms with Crippen LogP contribution < -0.4 is 11.1 Å². The zero-order chi connectivity index (χ0) is 17.7. The largest absolute Gasteiger partial charge is 0.381 e. The van der Waals surface area contributed by atoms with E-state index in [1.807, 2.05) is 12.1 Å². The van der Waals surface area contributed by atoms with Gasteiger partial charge in [0.05, 0.1) is 5.41 Å². The number of anilines is 1. The quantitative estimate of drug-likeness (QED) is 0.861. The Labute approximate surface area is 150 Å². The van der Waals surface area contributed by atoms with Gasteiger partial charge < -0.3 is 15.8 Å². The number of hydrogen-bond acceptors (Lipinski definition) is 4. The van der Waals surface area contributed by atoms with Gasteiger partial charge >= 0.3 is 0 Å². The second kappa shape index (κ2) is 8.30. The van der Waals surface area contributed by atoms with E-state index in [0.717, 1.165) is 18.2 Å². The van der Waals surface area contributed by atoms with Crippen molar-refractivity contribution in [3.8, 4) is 0 Å². The Balaban J connectivity index is 1.57. The van der Waals surface area contributed by atoms with Gasteiger partial charge in [0.15, 0.2) is 0 Å². The minimum absolute atomic E-state index is 0.0240. The molecule has 138 valence electrons. The third-order valence-electron chi connectivity index (χ3n) is 5.68. The lowest BCUT2D eigenvalue weighted by Gasteiger charge is -2.34. The van der Waals surface area contributed by atoms with E-state index in [1.165, 1.54) is 31.5 Å². The SMILES string of the molecule is CC1CCCN(Cc2ccc(NC(=O)C3(CN)CCOCC3)cc2)C1. The Morgan fingerprint density at radius 1 is 1.32 bits per heavy atom. The smallest absolute Gasteiger partial charge is 0.232 e. The number of nitrogens with one attached hydrogen (secondary N) is 1. The van der Waals surface area contributed by atoms with Crippen molar-refractivity contribution in [2.75, 3.05) is 38.2 Å². The molecule has 0 spiro atoms. The maximum atomic E-state index is 12.7. The number of ether oxygens (including phenoxy) is 1. The highest BCUT2D eigenvalue weighted by atomic mass is 16.5. The molecule has 2 saturated heterocycles. The molecule has 5 nitrogen and oxygen atoms in total. The molecule has 3 N–H and O–H groups in total. The number of hydrogen-bond donors (Lipinski definition) is 2. The Bertz CT molecular complexity index is 567. The first-order valence-corrected chi connectivity index (χ1v) is 9.52. The lowest BCUT2D eigenvalue weighted by molar-refractivity contribution is -0.130. The molecule has 25 heavy (non-hydrogen) atoms. The van der Waals surface area contributed by atoms with Gasteiger partial charge in [-0.1, -0.05) is 19.1 Å². The molecule has 0 bridgehead atoms. The van der Waals surface area contributed by atoms with Crippen LogP contribution in [0.3, 0.4) is 0 Å². The summed E-state index contributed by atoms with van der Waals surface area (Å²) < 4.78 is 5.38. The number of piperidine rings is 1. The highest BCUT2D eigenvalue weighted by Crippen LogP contribution is 2.31. The zero-order valence-corrected chi connectivity index (χ0v) is 15.3. The summed E-state index contributed by atoms with van der Waals surface area (Å²) in [5.41, 5.74) is 7.57. The van der Waals surface area contributed by atoms with Crippen molar-refractivity contribution in [1.82, 2.24) is 4.90 Å². The number of rotatable bonds is 5. The minimum atomic E-state index is -0.485. The number of nitrogens with two attached hydrogens (primary N) is 1. The highest BCUT2D eigenvalue weighted by Gasteiger charge is 2.38. The fourth-order valence-corrected chi connectivity index (χ4v) is 3.93. The monoisotopic (exact) mass is 345 g/mol. The van der Waals surface area contributed by atoms with Crippen LogP contribution in [0.1, 0.15) is 38.2 Å². The number of likely N-dealkylation sites (tertiary alicyclic amines) is 1. The van der Waals surface area contributed by atoms with Crippen LogP contribution in [0.5, 0.6) is 0 Å². The van der Waals surface area contributed by atoms with Crippen molar-refractivity contribution < 1.29 is 9.53 Å². The summed E-state index contributed by atoms with van der Waals surface area (Å²) in [6.07, 6.45) is 4.02. The average Bonchev–Trinajstić information content (AvgIpc) is 2.64. The van der Waals surface area contributed by atoms with Crippen molar-refractivity contribution in [3.05, 3.63) is 29.8 Å². The van der Waals surface area contributed by atoms with Gasteiger partial charge in [-0.3, -0.25) is 9.69 Å². The molecule has 2 aliphatic rings. The molecule has 1 aromatic rings. The van der Waals surface area contributed by atoms with Gasteiger partial charge in [0.25, 0.3) is 0 Å². The van der Waals surface area contributed by atoms with Gasteiger partial charge in [-0.2, -0.15) is 0 Å². The molecule has 2 heterocycles. The van der Waals surface area contributed by atoms with E-state index in [2.05, 4.69) is 29.3 Å². The number of nitrogens with zero attached hydrogens (tertiary/aromatic N) is 1. The lowest BCUT2D eigenvalue weighted by atomic mass is 9.79. The molecule has 1 amide bonds. The molecular formula is C20H31N3O2. The maximum Gasteiger partial charge on any atom is 0.232 e. The summed E-state index contributed by atoms with van der Waals surface area (Å²) in [7, 11) is 0. The predicted octanol–water partition coefficient (Wildman–Crippen LogP) is 2.61. The molecule has 1 unspecified atom stereocenters. The Hall–Kier alpha value is -1.43. The van der Waals surface area contributed by atoms with Crippen molar-refractivity contribution >= 4 is 11.6 Å². The van der Waals surface area contributed by atoms with Gasteiger partial charge in [0.1, 0.15) is 0 Å². The minimum Gasteiger partial charge on any atom is -0.381 e. The maximum absolute atomic E-state index is 12.7. The molecule has 0 aromatic heterocycles. The van der Waals surface area contributed by atoms with Gasteiger partial charge in [0.2, 0.25) is 5.91 Å². The molecule has 0 saturated carbocycles. The van der Waals surface area contributed by atoms with Crippen LogP contribution in [0.4, 0.5) is 5.69 Å². The molecular weight excluding hydrogens is 314 g/mol. The molecule has 0 radical (unpaired) electrons. The number of carbonyl (C=O) groups excluding carboxylic acids is 1. The number of carbonyl (C=O) groups is 1. The van der Waals surface area contributed by atoms with Gasteiger partial charge in [0, 0.05) is 38.5 Å². The van der Waals surface area contributed by atoms with Gasteiger partial charge in [-0.15, -0.1) is 0 Å². The van der Waals surface area contributed by atoms with Gasteiger partial charge in [-0.05, 0) is 55.8 Å². The second-order valence-electron chi connectivity index (χ2n) is 7.73. The van der Waals surface area contributed by atoms with Crippen LogP contribution in [0.15, 0.2) is 24.3 Å². The van der Waals surface area contributed by atoms with Crippen LogP contribution in [-0.2, 0) is 16.1 Å². The van der Waals surface area contributed by atoms with Crippen LogP contribution in [0, 0.1) is 11.3 Å². The predicted molar refractivity (Wildman–Crippen MR) is 100 cm³/mol. The number of benzene rings is 1. The third-order valence-corrected chi connectivity index (χ3v) is 5.68. The first-order valence-electron chi connectivity index (χ1n) is 9.52. The summed E-state index contributed by atoms with van der Waals surface area (Å²) in [4.78, 5) is 15.2. The Kier molecular flexibility index (Phi) is 6.10. The number of amides is 1. The molecule has 5 heteroatoms. The molecule has 0 aliphatic carbocycles. The van der Waals surface area contributed by atoms with Gasteiger partial charge in [-0.25, -0.2) is 0 Å². The van der Waals surface area contributed by atoms with Crippen molar-refractivity contribution in [2.24, 2.45) is 17.1 Å². The summed E-state index contributed by atoms with van der Waals surface area (Å²) in [6.45, 7) is 7.27. The second-order valence-corrected chi connectivity index (χ2v) is 7.73. The van der Waals surface area contributed by atoms with E-state index >= 15 is 0 Å². The van der Waals surface area contributed by atoms with E-state index in [1.54, 1.807) is 0 Å². The fourth-order valence-electron chi connectivity index (χ4n) is 3.93. The van der Waals surface area contributed by atoms with Crippen molar-refractivity contribution in [3.63, 3.8) is 0 Å². The average molecular weight is 345 g/mol. The molecule has 3 rings (SSSR count).